The van der Waals surface area contributed by atoms with Gasteiger partial charge in [0.2, 0.25) is 0 Å². The Morgan fingerprint density at radius 2 is 2.06 bits per heavy atom. The number of unbranched alkanes of at least 4 members (excludes halogenated alkanes) is 1. The highest BCUT2D eigenvalue weighted by Gasteiger charge is 2.27. The van der Waals surface area contributed by atoms with Gasteiger partial charge in [-0.05, 0) is 46.1 Å². The fourth-order valence-electron chi connectivity index (χ4n) is 1.98. The molecule has 3 nitrogen and oxygen atoms in total. The van der Waals surface area contributed by atoms with E-state index in [1.807, 2.05) is 13.8 Å². The van der Waals surface area contributed by atoms with E-state index in [0.29, 0.717) is 12.1 Å². The molecule has 1 saturated carbocycles. The summed E-state index contributed by atoms with van der Waals surface area (Å²) in [5, 5.41) is 12.4. The molecule has 0 bridgehead atoms. The average molecular weight is 224 g/mol. The number of rotatable bonds is 7. The molecule has 1 rings (SSSR count). The highest BCUT2D eigenvalue weighted by atomic mass is 16.5. The summed E-state index contributed by atoms with van der Waals surface area (Å²) in [7, 11) is 1.78. The maximum atomic E-state index is 8.86. The third-order valence-electron chi connectivity index (χ3n) is 3.39. The Balaban J connectivity index is 1.92. The molecule has 0 atom stereocenters. The summed E-state index contributed by atoms with van der Waals surface area (Å²) in [5.74, 6) is 0. The molecular weight excluding hydrogens is 200 g/mol. The van der Waals surface area contributed by atoms with Gasteiger partial charge in [0.05, 0.1) is 17.6 Å². The molecule has 1 aliphatic rings. The smallest absolute Gasteiger partial charge is 0.0683 e. The van der Waals surface area contributed by atoms with Crippen LogP contribution in [0, 0.1) is 16.7 Å². The number of methoxy groups -OCH3 is 1. The summed E-state index contributed by atoms with van der Waals surface area (Å²) in [6.45, 7) is 5.09. The minimum atomic E-state index is -0.155. The molecule has 1 N–H and O–H groups in total. The van der Waals surface area contributed by atoms with Crippen molar-refractivity contribution >= 4 is 0 Å². The van der Waals surface area contributed by atoms with Gasteiger partial charge in [-0.3, -0.25) is 0 Å². The van der Waals surface area contributed by atoms with E-state index in [1.54, 1.807) is 7.11 Å². The second kappa shape index (κ2) is 6.22. The molecule has 1 aliphatic carbocycles. The highest BCUT2D eigenvalue weighted by Crippen LogP contribution is 2.23. The number of nitrogens with one attached hydrogen (secondary N) is 1. The summed E-state index contributed by atoms with van der Waals surface area (Å²) in [5.41, 5.74) is -0.155. The third-order valence-corrected chi connectivity index (χ3v) is 3.39. The fraction of sp³-hybridized carbons (Fsp3) is 0.923. The number of hydrogen-bond acceptors (Lipinski definition) is 3. The monoisotopic (exact) mass is 224 g/mol. The highest BCUT2D eigenvalue weighted by molar-refractivity contribution is 4.91. The van der Waals surface area contributed by atoms with Crippen LogP contribution in [-0.2, 0) is 4.74 Å². The predicted molar refractivity (Wildman–Crippen MR) is 65.1 cm³/mol. The SMILES string of the molecule is COC1CC(NCCCCC(C)(C)C#N)C1. The van der Waals surface area contributed by atoms with Gasteiger partial charge in [-0.1, -0.05) is 6.42 Å². The van der Waals surface area contributed by atoms with Gasteiger partial charge in [0.1, 0.15) is 0 Å². The van der Waals surface area contributed by atoms with Gasteiger partial charge in [0.15, 0.2) is 0 Å². The van der Waals surface area contributed by atoms with E-state index in [4.69, 9.17) is 10.00 Å². The van der Waals surface area contributed by atoms with E-state index in [2.05, 4.69) is 11.4 Å². The van der Waals surface area contributed by atoms with Gasteiger partial charge in [-0.2, -0.15) is 5.26 Å². The topological polar surface area (TPSA) is 45.0 Å². The van der Waals surface area contributed by atoms with Crippen LogP contribution in [0.1, 0.15) is 46.0 Å². The first-order valence-corrected chi connectivity index (χ1v) is 6.25. The second-order valence-electron chi connectivity index (χ2n) is 5.43. The molecule has 1 fully saturated rings. The van der Waals surface area contributed by atoms with Crippen molar-refractivity contribution < 1.29 is 4.74 Å². The van der Waals surface area contributed by atoms with Crippen molar-refractivity contribution in [2.24, 2.45) is 5.41 Å². The van der Waals surface area contributed by atoms with Crippen molar-refractivity contribution in [2.45, 2.75) is 58.1 Å². The van der Waals surface area contributed by atoms with E-state index in [-0.39, 0.29) is 5.41 Å². The van der Waals surface area contributed by atoms with Crippen LogP contribution >= 0.6 is 0 Å². The molecule has 0 aromatic rings. The third kappa shape index (κ3) is 4.51. The summed E-state index contributed by atoms with van der Waals surface area (Å²) in [6.07, 6.45) is 6.08. The molecule has 0 spiro atoms. The molecule has 16 heavy (non-hydrogen) atoms. The maximum absolute atomic E-state index is 8.86. The number of hydrogen-bond donors (Lipinski definition) is 1. The van der Waals surface area contributed by atoms with Crippen LogP contribution in [-0.4, -0.2) is 25.8 Å². The molecule has 0 saturated heterocycles. The normalized spacial score (nSPS) is 24.9. The van der Waals surface area contributed by atoms with E-state index in [0.717, 1.165) is 32.2 Å². The first-order valence-electron chi connectivity index (χ1n) is 6.25. The Bertz CT molecular complexity index is 239. The lowest BCUT2D eigenvalue weighted by atomic mass is 9.88. The van der Waals surface area contributed by atoms with Gasteiger partial charge >= 0.3 is 0 Å². The van der Waals surface area contributed by atoms with Crippen molar-refractivity contribution in [2.75, 3.05) is 13.7 Å². The van der Waals surface area contributed by atoms with E-state index in [1.165, 1.54) is 6.42 Å². The van der Waals surface area contributed by atoms with Crippen LogP contribution in [0.25, 0.3) is 0 Å². The number of nitriles is 1. The molecule has 0 aliphatic heterocycles. The summed E-state index contributed by atoms with van der Waals surface area (Å²) < 4.78 is 5.23. The van der Waals surface area contributed by atoms with Gasteiger partial charge in [0.25, 0.3) is 0 Å². The molecule has 0 radical (unpaired) electrons. The summed E-state index contributed by atoms with van der Waals surface area (Å²) in [4.78, 5) is 0. The van der Waals surface area contributed by atoms with E-state index < -0.39 is 0 Å². The van der Waals surface area contributed by atoms with E-state index >= 15 is 0 Å². The van der Waals surface area contributed by atoms with Crippen molar-refractivity contribution in [1.29, 1.82) is 5.26 Å². The molecule has 92 valence electrons. The average Bonchev–Trinajstić information content (AvgIpc) is 2.20. The lowest BCUT2D eigenvalue weighted by molar-refractivity contribution is 0.0175. The van der Waals surface area contributed by atoms with Crippen LogP contribution in [0.4, 0.5) is 0 Å². The molecule has 0 aromatic heterocycles. The minimum absolute atomic E-state index is 0.155. The van der Waals surface area contributed by atoms with Crippen LogP contribution in [0.15, 0.2) is 0 Å². The fourth-order valence-corrected chi connectivity index (χ4v) is 1.98. The minimum Gasteiger partial charge on any atom is -0.381 e. The Kier molecular flexibility index (Phi) is 5.24. The van der Waals surface area contributed by atoms with Gasteiger partial charge in [-0.15, -0.1) is 0 Å². The predicted octanol–water partition coefficient (Wildman–Crippen LogP) is 2.47. The van der Waals surface area contributed by atoms with Crippen LogP contribution < -0.4 is 5.32 Å². The molecule has 0 heterocycles. The summed E-state index contributed by atoms with van der Waals surface area (Å²) >= 11 is 0. The second-order valence-corrected chi connectivity index (χ2v) is 5.43. The molecule has 0 amide bonds. The first kappa shape index (κ1) is 13.5. The van der Waals surface area contributed by atoms with Crippen molar-refractivity contribution in [3.05, 3.63) is 0 Å². The number of ether oxygens (including phenoxy) is 1. The van der Waals surface area contributed by atoms with Crippen molar-refractivity contribution in [1.82, 2.24) is 5.32 Å². The zero-order valence-corrected chi connectivity index (χ0v) is 10.8. The number of nitrogens with zero attached hydrogens (tertiary/aromatic N) is 1. The quantitative estimate of drug-likeness (QED) is 0.676. The Hall–Kier alpha value is -0.590. The first-order chi connectivity index (χ1) is 7.57. The van der Waals surface area contributed by atoms with Crippen molar-refractivity contribution in [3.8, 4) is 6.07 Å². The largest absolute Gasteiger partial charge is 0.381 e. The molecular formula is C13H24N2O. The zero-order valence-electron chi connectivity index (χ0n) is 10.8. The van der Waals surface area contributed by atoms with Crippen LogP contribution in [0.5, 0.6) is 0 Å². The lowest BCUT2D eigenvalue weighted by Crippen LogP contribution is -2.45. The summed E-state index contributed by atoms with van der Waals surface area (Å²) in [6, 6.07) is 3.00. The van der Waals surface area contributed by atoms with Gasteiger partial charge < -0.3 is 10.1 Å². The van der Waals surface area contributed by atoms with Gasteiger partial charge in [0, 0.05) is 13.2 Å². The van der Waals surface area contributed by atoms with Gasteiger partial charge in [-0.25, -0.2) is 0 Å². The standard InChI is InChI=1S/C13H24N2O/c1-13(2,10-14)6-4-5-7-15-11-8-12(9-11)16-3/h11-12,15H,4-9H2,1-3H3. The lowest BCUT2D eigenvalue weighted by Gasteiger charge is -2.34. The Morgan fingerprint density at radius 3 is 2.62 bits per heavy atom. The van der Waals surface area contributed by atoms with E-state index in [9.17, 15) is 0 Å². The zero-order chi connectivity index (χ0) is 12.0. The molecule has 0 unspecified atom stereocenters. The Morgan fingerprint density at radius 1 is 1.38 bits per heavy atom. The maximum Gasteiger partial charge on any atom is 0.0683 e. The molecule has 0 aromatic carbocycles. The Labute approximate surface area is 99.2 Å². The van der Waals surface area contributed by atoms with Crippen molar-refractivity contribution in [3.63, 3.8) is 0 Å². The van der Waals surface area contributed by atoms with Crippen LogP contribution in [0.3, 0.4) is 0 Å². The molecule has 3 heteroatoms. The van der Waals surface area contributed by atoms with Crippen LogP contribution in [0.2, 0.25) is 0 Å².